The van der Waals surface area contributed by atoms with Crippen molar-refractivity contribution in [1.29, 1.82) is 0 Å². The normalized spacial score (nSPS) is 20.2. The minimum absolute atomic E-state index is 0.0784. The molecule has 2 fully saturated rings. The molecule has 0 bridgehead atoms. The summed E-state index contributed by atoms with van der Waals surface area (Å²) in [4.78, 5) is 52.5. The standard InChI is InChI=1S/C34H36Cl6O8/c1-7-33(3,4)17-9-15(17)13-45-29(41)23-25(39)19(35)11-21(37)27(23)47-31(43)32(44)48-28-22(38)12-20(36)26(40)24(28)30(42)46-14-16-10-18(16)34(5,6)8-2/h11-12,15-18H,7-10,13-14H2,1-6H3. The van der Waals surface area contributed by atoms with Crippen LogP contribution in [0.2, 0.25) is 30.1 Å². The summed E-state index contributed by atoms with van der Waals surface area (Å²) in [6, 6.07) is 2.26. The molecule has 8 nitrogen and oxygen atoms in total. The first-order valence-corrected chi connectivity index (χ1v) is 17.7. The van der Waals surface area contributed by atoms with Crippen LogP contribution in [0.15, 0.2) is 12.1 Å². The largest absolute Gasteiger partial charge is 0.462 e. The average molecular weight is 785 g/mol. The summed E-state index contributed by atoms with van der Waals surface area (Å²) in [7, 11) is 0. The van der Waals surface area contributed by atoms with E-state index in [1.165, 1.54) is 0 Å². The zero-order chi connectivity index (χ0) is 35.9. The van der Waals surface area contributed by atoms with Crippen LogP contribution in [0.25, 0.3) is 0 Å². The van der Waals surface area contributed by atoms with E-state index in [1.54, 1.807) is 0 Å². The lowest BCUT2D eigenvalue weighted by molar-refractivity contribution is -0.156. The summed E-state index contributed by atoms with van der Waals surface area (Å²) in [6.45, 7) is 13.0. The molecule has 0 aliphatic heterocycles. The lowest BCUT2D eigenvalue weighted by atomic mass is 9.83. The molecule has 0 spiro atoms. The molecule has 4 rings (SSSR count). The first-order valence-electron chi connectivity index (χ1n) is 15.5. The fourth-order valence-electron chi connectivity index (χ4n) is 5.80. The van der Waals surface area contributed by atoms with Crippen LogP contribution in [0.5, 0.6) is 11.5 Å². The van der Waals surface area contributed by atoms with E-state index in [4.69, 9.17) is 88.6 Å². The minimum Gasteiger partial charge on any atom is -0.462 e. The Labute approximate surface area is 309 Å². The van der Waals surface area contributed by atoms with Gasteiger partial charge in [-0.25, -0.2) is 19.2 Å². The second-order valence-electron chi connectivity index (χ2n) is 13.6. The molecule has 0 N–H and O–H groups in total. The van der Waals surface area contributed by atoms with Crippen molar-refractivity contribution < 1.29 is 38.1 Å². The quantitative estimate of drug-likeness (QED) is 0.0907. The fourth-order valence-corrected chi connectivity index (χ4v) is 7.24. The van der Waals surface area contributed by atoms with Gasteiger partial charge in [0, 0.05) is 0 Å². The van der Waals surface area contributed by atoms with E-state index in [1.807, 2.05) is 0 Å². The average Bonchev–Trinajstić information content (AvgIpc) is 3.95. The van der Waals surface area contributed by atoms with Gasteiger partial charge in [0.15, 0.2) is 11.5 Å². The van der Waals surface area contributed by atoms with Crippen LogP contribution in [-0.4, -0.2) is 37.1 Å². The predicted octanol–water partition coefficient (Wildman–Crippen LogP) is 10.6. The van der Waals surface area contributed by atoms with Gasteiger partial charge in [-0.3, -0.25) is 0 Å². The van der Waals surface area contributed by atoms with E-state index in [2.05, 4.69) is 41.5 Å². The monoisotopic (exact) mass is 782 g/mol. The van der Waals surface area contributed by atoms with Crippen molar-refractivity contribution in [1.82, 2.24) is 0 Å². The highest BCUT2D eigenvalue weighted by molar-refractivity contribution is 6.47. The molecule has 2 aliphatic rings. The van der Waals surface area contributed by atoms with Crippen LogP contribution >= 0.6 is 69.6 Å². The van der Waals surface area contributed by atoms with Crippen molar-refractivity contribution >= 4 is 93.5 Å². The van der Waals surface area contributed by atoms with E-state index in [0.29, 0.717) is 11.8 Å². The number of benzene rings is 2. The highest BCUT2D eigenvalue weighted by Gasteiger charge is 2.48. The first kappa shape index (κ1) is 38.9. The number of hydrogen-bond acceptors (Lipinski definition) is 8. The van der Waals surface area contributed by atoms with Crippen molar-refractivity contribution in [2.24, 2.45) is 34.5 Å². The third-order valence-corrected chi connectivity index (χ3v) is 11.9. The molecule has 4 unspecified atom stereocenters. The summed E-state index contributed by atoms with van der Waals surface area (Å²) in [5.74, 6) is -5.32. The van der Waals surface area contributed by atoms with E-state index >= 15 is 0 Å². The minimum atomic E-state index is -1.64. The number of halogens is 6. The van der Waals surface area contributed by atoms with Gasteiger partial charge in [0.05, 0.1) is 43.3 Å². The van der Waals surface area contributed by atoms with Crippen molar-refractivity contribution in [2.75, 3.05) is 13.2 Å². The van der Waals surface area contributed by atoms with Gasteiger partial charge in [0.25, 0.3) is 0 Å². The number of ether oxygens (including phenoxy) is 4. The second kappa shape index (κ2) is 15.1. The highest BCUT2D eigenvalue weighted by Crippen LogP contribution is 2.53. The van der Waals surface area contributed by atoms with Gasteiger partial charge in [0.2, 0.25) is 0 Å². The Hall–Kier alpha value is -1.94. The molecule has 0 aromatic heterocycles. The zero-order valence-corrected chi connectivity index (χ0v) is 31.8. The second-order valence-corrected chi connectivity index (χ2v) is 16.0. The smallest absolute Gasteiger partial charge is 0.423 e. The molecule has 2 aliphatic carbocycles. The molecule has 0 saturated heterocycles. The summed E-state index contributed by atoms with van der Waals surface area (Å²) < 4.78 is 21.4. The van der Waals surface area contributed by atoms with Gasteiger partial charge in [-0.1, -0.05) is 124 Å². The van der Waals surface area contributed by atoms with Crippen LogP contribution < -0.4 is 9.47 Å². The van der Waals surface area contributed by atoms with Gasteiger partial charge in [-0.05, 0) is 59.5 Å². The number of esters is 4. The Morgan fingerprint density at radius 1 is 0.625 bits per heavy atom. The third kappa shape index (κ3) is 8.50. The molecule has 0 amide bonds. The number of carbonyl (C=O) groups excluding carboxylic acids is 4. The fraction of sp³-hybridized carbons (Fsp3) is 0.529. The van der Waals surface area contributed by atoms with Gasteiger partial charge in [-0.15, -0.1) is 0 Å². The molecule has 0 radical (unpaired) electrons. The van der Waals surface area contributed by atoms with E-state index in [0.717, 1.165) is 37.8 Å². The molecule has 14 heteroatoms. The molecule has 2 aromatic carbocycles. The Morgan fingerprint density at radius 2 is 0.958 bits per heavy atom. The lowest BCUT2D eigenvalue weighted by Crippen LogP contribution is -2.27. The summed E-state index contributed by atoms with van der Waals surface area (Å²) >= 11 is 37.5. The molecular weight excluding hydrogens is 749 g/mol. The highest BCUT2D eigenvalue weighted by atomic mass is 35.5. The topological polar surface area (TPSA) is 105 Å². The molecule has 262 valence electrons. The third-order valence-electron chi connectivity index (χ3n) is 9.75. The van der Waals surface area contributed by atoms with Crippen LogP contribution in [0.3, 0.4) is 0 Å². The van der Waals surface area contributed by atoms with Gasteiger partial charge in [-0.2, -0.15) is 0 Å². The Kier molecular flexibility index (Phi) is 12.2. The van der Waals surface area contributed by atoms with Crippen LogP contribution in [0, 0.1) is 34.5 Å². The Morgan fingerprint density at radius 3 is 1.27 bits per heavy atom. The maximum absolute atomic E-state index is 13.2. The van der Waals surface area contributed by atoms with Crippen molar-refractivity contribution in [3.63, 3.8) is 0 Å². The van der Waals surface area contributed by atoms with Gasteiger partial charge >= 0.3 is 23.9 Å². The van der Waals surface area contributed by atoms with Crippen LogP contribution in [0.1, 0.15) is 87.9 Å². The molecule has 48 heavy (non-hydrogen) atoms. The number of rotatable bonds is 12. The van der Waals surface area contributed by atoms with Gasteiger partial charge in [0.1, 0.15) is 11.1 Å². The number of hydrogen-bond donors (Lipinski definition) is 0. The summed E-state index contributed by atoms with van der Waals surface area (Å²) in [5, 5.41) is -1.46. The van der Waals surface area contributed by atoms with Crippen molar-refractivity contribution in [2.45, 2.75) is 67.2 Å². The van der Waals surface area contributed by atoms with Crippen LogP contribution in [0.4, 0.5) is 0 Å². The molecule has 2 saturated carbocycles. The van der Waals surface area contributed by atoms with Crippen molar-refractivity contribution in [3.8, 4) is 11.5 Å². The van der Waals surface area contributed by atoms with E-state index in [-0.39, 0.29) is 66.0 Å². The zero-order valence-electron chi connectivity index (χ0n) is 27.2. The summed E-state index contributed by atoms with van der Waals surface area (Å²) in [5.41, 5.74) is -0.753. The molecule has 4 atom stereocenters. The first-order chi connectivity index (χ1) is 22.3. The maximum Gasteiger partial charge on any atom is 0.423 e. The lowest BCUT2D eigenvalue weighted by Gasteiger charge is -2.22. The summed E-state index contributed by atoms with van der Waals surface area (Å²) in [6.07, 6.45) is 3.69. The maximum atomic E-state index is 13.2. The molecule has 0 heterocycles. The molecular formula is C34H36Cl6O8. The predicted molar refractivity (Wildman–Crippen MR) is 186 cm³/mol. The van der Waals surface area contributed by atoms with E-state index < -0.39 is 46.5 Å². The van der Waals surface area contributed by atoms with Crippen molar-refractivity contribution in [3.05, 3.63) is 53.4 Å². The number of carbonyl (C=O) groups is 4. The molecule has 2 aromatic rings. The van der Waals surface area contributed by atoms with E-state index in [9.17, 15) is 19.2 Å². The SMILES string of the molecule is CCC(C)(C)C1CC1COC(=O)c1c(Cl)c(Cl)cc(Cl)c1OC(=O)C(=O)Oc1c(Cl)cc(Cl)c(Cl)c1C(=O)OCC1CC1C(C)(C)CC. The van der Waals surface area contributed by atoms with Gasteiger partial charge < -0.3 is 18.9 Å². The Bertz CT molecular complexity index is 1520. The Balaban J connectivity index is 1.50. The van der Waals surface area contributed by atoms with Crippen LogP contribution in [-0.2, 0) is 19.1 Å².